The van der Waals surface area contributed by atoms with Gasteiger partial charge in [-0.3, -0.25) is 4.79 Å². The van der Waals surface area contributed by atoms with Gasteiger partial charge in [0.15, 0.2) is 0 Å². The molecule has 0 heterocycles. The molecule has 0 aromatic carbocycles. The van der Waals surface area contributed by atoms with Crippen LogP contribution in [-0.4, -0.2) is 33.5 Å². The van der Waals surface area contributed by atoms with Crippen LogP contribution in [0, 0.1) is 23.7 Å². The van der Waals surface area contributed by atoms with Crippen molar-refractivity contribution in [2.24, 2.45) is 23.7 Å². The molecule has 29 heavy (non-hydrogen) atoms. The van der Waals surface area contributed by atoms with Crippen molar-refractivity contribution < 1.29 is 20.1 Å². The van der Waals surface area contributed by atoms with Gasteiger partial charge in [-0.25, -0.2) is 0 Å². The summed E-state index contributed by atoms with van der Waals surface area (Å²) in [5, 5.41) is 29.7. The zero-order valence-corrected chi connectivity index (χ0v) is 17.8. The highest BCUT2D eigenvalue weighted by atomic mass is 16.4. The van der Waals surface area contributed by atoms with Gasteiger partial charge in [0.05, 0.1) is 12.2 Å². The minimum atomic E-state index is -0.724. The number of allylic oxidation sites excluding steroid dienone is 2. The molecule has 0 amide bonds. The molecule has 3 N–H and O–H groups in total. The van der Waals surface area contributed by atoms with Crippen molar-refractivity contribution in [3.05, 3.63) is 23.8 Å². The fraction of sp³-hybridized carbons (Fsp3) is 0.800. The molecule has 3 rings (SSSR count). The number of carboxylic acids is 1. The Hall–Kier alpha value is -1.13. The smallest absolute Gasteiger partial charge is 0.303 e. The summed E-state index contributed by atoms with van der Waals surface area (Å²) >= 11 is 0. The minimum Gasteiger partial charge on any atom is -0.481 e. The molecular formula is C25H40O4. The van der Waals surface area contributed by atoms with E-state index in [0.29, 0.717) is 18.3 Å². The molecule has 3 saturated carbocycles. The Labute approximate surface area is 176 Å². The van der Waals surface area contributed by atoms with Gasteiger partial charge >= 0.3 is 5.97 Å². The molecule has 0 aliphatic heterocycles. The molecule has 0 aromatic heterocycles. The maximum Gasteiger partial charge on any atom is 0.303 e. The van der Waals surface area contributed by atoms with Crippen LogP contribution in [0.2, 0.25) is 0 Å². The lowest BCUT2D eigenvalue weighted by Crippen LogP contribution is -2.17. The summed E-state index contributed by atoms with van der Waals surface area (Å²) in [5.41, 5.74) is 1.43. The molecule has 0 aromatic rings. The molecule has 0 spiro atoms. The highest BCUT2D eigenvalue weighted by molar-refractivity contribution is 5.66. The van der Waals surface area contributed by atoms with E-state index in [1.165, 1.54) is 44.1 Å². The van der Waals surface area contributed by atoms with E-state index >= 15 is 0 Å². The Morgan fingerprint density at radius 1 is 1.14 bits per heavy atom. The number of hydrogen-bond acceptors (Lipinski definition) is 3. The summed E-state index contributed by atoms with van der Waals surface area (Å²) in [6, 6.07) is 0. The maximum atomic E-state index is 10.6. The number of hydrogen-bond donors (Lipinski definition) is 3. The lowest BCUT2D eigenvalue weighted by molar-refractivity contribution is -0.137. The molecule has 4 nitrogen and oxygen atoms in total. The van der Waals surface area contributed by atoms with Gasteiger partial charge in [-0.05, 0) is 62.7 Å². The first-order valence-electron chi connectivity index (χ1n) is 12.0. The van der Waals surface area contributed by atoms with E-state index in [-0.39, 0.29) is 18.4 Å². The fourth-order valence-corrected chi connectivity index (χ4v) is 5.91. The largest absolute Gasteiger partial charge is 0.481 e. The van der Waals surface area contributed by atoms with E-state index in [2.05, 4.69) is 12.2 Å². The van der Waals surface area contributed by atoms with Crippen molar-refractivity contribution >= 4 is 5.97 Å². The third kappa shape index (κ3) is 6.96. The maximum absolute atomic E-state index is 10.6. The lowest BCUT2D eigenvalue weighted by Gasteiger charge is -2.18. The predicted molar refractivity (Wildman–Crippen MR) is 115 cm³/mol. The minimum absolute atomic E-state index is 0.150. The van der Waals surface area contributed by atoms with E-state index in [1.54, 1.807) is 0 Å². The first-order valence-corrected chi connectivity index (χ1v) is 12.0. The predicted octanol–water partition coefficient (Wildman–Crippen LogP) is 5.24. The standard InChI is InChI=1S/C25H40O4/c26-21(12-11-18-7-3-1-2-4-8-18)13-14-22-23-16-19(9-5-6-10-25(28)29)15-20(23)17-24(22)27/h9,13-14,18,20-24,26-27H,1-8,10-12,15-17H2,(H,28,29)/t20-,21-,22-,23+,24-/m1/s1. The van der Waals surface area contributed by atoms with Gasteiger partial charge in [0.1, 0.15) is 0 Å². The molecule has 0 bridgehead atoms. The Balaban J connectivity index is 1.44. The van der Waals surface area contributed by atoms with E-state index < -0.39 is 12.1 Å². The topological polar surface area (TPSA) is 77.8 Å². The Morgan fingerprint density at radius 3 is 2.62 bits per heavy atom. The second kappa shape index (κ2) is 11.3. The van der Waals surface area contributed by atoms with E-state index in [4.69, 9.17) is 5.11 Å². The van der Waals surface area contributed by atoms with Crippen LogP contribution in [0.25, 0.3) is 0 Å². The van der Waals surface area contributed by atoms with Crippen LogP contribution in [0.5, 0.6) is 0 Å². The number of aliphatic hydroxyl groups excluding tert-OH is 2. The first kappa shape index (κ1) is 22.6. The Morgan fingerprint density at radius 2 is 1.90 bits per heavy atom. The first-order chi connectivity index (χ1) is 14.0. The van der Waals surface area contributed by atoms with Gasteiger partial charge in [-0.2, -0.15) is 0 Å². The quantitative estimate of drug-likeness (QED) is 0.279. The van der Waals surface area contributed by atoms with Gasteiger partial charge in [0, 0.05) is 12.3 Å². The van der Waals surface area contributed by atoms with Crippen molar-refractivity contribution in [1.82, 2.24) is 0 Å². The fourth-order valence-electron chi connectivity index (χ4n) is 5.91. The summed E-state index contributed by atoms with van der Waals surface area (Å²) in [5.74, 6) is 1.22. The van der Waals surface area contributed by atoms with Crippen molar-refractivity contribution in [2.75, 3.05) is 0 Å². The van der Waals surface area contributed by atoms with Crippen LogP contribution in [0.3, 0.4) is 0 Å². The number of carbonyl (C=O) groups is 1. The second-order valence-corrected chi connectivity index (χ2v) is 9.75. The van der Waals surface area contributed by atoms with Gasteiger partial charge in [-0.1, -0.05) is 62.3 Å². The van der Waals surface area contributed by atoms with E-state index in [9.17, 15) is 15.0 Å². The zero-order valence-electron chi connectivity index (χ0n) is 17.8. The number of carboxylic acid groups (broad SMARTS) is 1. The van der Waals surface area contributed by atoms with Gasteiger partial charge in [0.2, 0.25) is 0 Å². The Bertz CT molecular complexity index is 573. The molecule has 3 fully saturated rings. The molecule has 5 atom stereocenters. The molecule has 0 saturated heterocycles. The van der Waals surface area contributed by atoms with Gasteiger partial charge in [-0.15, -0.1) is 0 Å². The summed E-state index contributed by atoms with van der Waals surface area (Å²) < 4.78 is 0. The SMILES string of the molecule is O=C(O)CCCC=C1C[C@@H]2C[C@@H](O)[C@H](C=C[C@H](O)CCC3CCCCCC3)[C@H]2C1. The van der Waals surface area contributed by atoms with Crippen LogP contribution in [0.1, 0.15) is 89.9 Å². The zero-order chi connectivity index (χ0) is 20.6. The van der Waals surface area contributed by atoms with E-state index in [0.717, 1.165) is 44.4 Å². The van der Waals surface area contributed by atoms with Crippen molar-refractivity contribution in [3.63, 3.8) is 0 Å². The lowest BCUT2D eigenvalue weighted by atomic mass is 9.89. The number of unbranched alkanes of at least 4 members (excludes halogenated alkanes) is 1. The summed E-state index contributed by atoms with van der Waals surface area (Å²) in [4.78, 5) is 10.6. The normalized spacial score (nSPS) is 33.2. The molecule has 0 unspecified atom stereocenters. The summed E-state index contributed by atoms with van der Waals surface area (Å²) in [6.45, 7) is 0. The molecule has 4 heteroatoms. The van der Waals surface area contributed by atoms with Crippen LogP contribution < -0.4 is 0 Å². The number of fused-ring (bicyclic) bond motifs is 1. The van der Waals surface area contributed by atoms with Crippen LogP contribution in [-0.2, 0) is 4.79 Å². The Kier molecular flexibility index (Phi) is 8.80. The highest BCUT2D eigenvalue weighted by Gasteiger charge is 2.44. The third-order valence-electron chi connectivity index (χ3n) is 7.54. The van der Waals surface area contributed by atoms with Crippen LogP contribution in [0.15, 0.2) is 23.8 Å². The molecule has 3 aliphatic rings. The average molecular weight is 405 g/mol. The molecule has 3 aliphatic carbocycles. The van der Waals surface area contributed by atoms with Crippen LogP contribution >= 0.6 is 0 Å². The van der Waals surface area contributed by atoms with Crippen molar-refractivity contribution in [3.8, 4) is 0 Å². The van der Waals surface area contributed by atoms with Gasteiger partial charge < -0.3 is 15.3 Å². The molecule has 164 valence electrons. The highest BCUT2D eigenvalue weighted by Crippen LogP contribution is 2.50. The number of aliphatic hydroxyl groups is 2. The second-order valence-electron chi connectivity index (χ2n) is 9.75. The molecule has 0 radical (unpaired) electrons. The third-order valence-corrected chi connectivity index (χ3v) is 7.54. The van der Waals surface area contributed by atoms with Gasteiger partial charge in [0.25, 0.3) is 0 Å². The number of rotatable bonds is 9. The van der Waals surface area contributed by atoms with Crippen LogP contribution in [0.4, 0.5) is 0 Å². The average Bonchev–Trinajstić information content (AvgIpc) is 3.06. The van der Waals surface area contributed by atoms with E-state index in [1.807, 2.05) is 6.08 Å². The summed E-state index contributed by atoms with van der Waals surface area (Å²) in [6.07, 6.45) is 20.3. The monoisotopic (exact) mass is 404 g/mol. The number of aliphatic carboxylic acids is 1. The van der Waals surface area contributed by atoms with Crippen molar-refractivity contribution in [2.45, 2.75) is 102 Å². The van der Waals surface area contributed by atoms with Crippen molar-refractivity contribution in [1.29, 1.82) is 0 Å². The summed E-state index contributed by atoms with van der Waals surface area (Å²) in [7, 11) is 0. The molecular weight excluding hydrogens is 364 g/mol.